The summed E-state index contributed by atoms with van der Waals surface area (Å²) in [7, 11) is 2.16. The minimum absolute atomic E-state index is 0.217. The summed E-state index contributed by atoms with van der Waals surface area (Å²) in [6.45, 7) is 7.48. The van der Waals surface area contributed by atoms with Crippen LogP contribution >= 0.6 is 31.9 Å². The predicted octanol–water partition coefficient (Wildman–Crippen LogP) is 7.10. The summed E-state index contributed by atoms with van der Waals surface area (Å²) < 4.78 is 2.00. The number of nitrogens with zero attached hydrogens (tertiary/aromatic N) is 2. The Labute approximate surface area is 180 Å². The quantitative estimate of drug-likeness (QED) is 0.393. The molecule has 0 aromatic heterocycles. The first-order chi connectivity index (χ1) is 12.8. The van der Waals surface area contributed by atoms with Gasteiger partial charge in [0.05, 0.1) is 11.5 Å². The average molecular weight is 492 g/mol. The van der Waals surface area contributed by atoms with Gasteiger partial charge in [-0.05, 0) is 57.0 Å². The average Bonchev–Trinajstić information content (AvgIpc) is 2.66. The Balaban J connectivity index is 2.15. The molecule has 0 heterocycles. The first-order valence-electron chi connectivity index (χ1n) is 9.44. The minimum atomic E-state index is -0.518. The molecule has 2 unspecified atom stereocenters. The van der Waals surface area contributed by atoms with Crippen LogP contribution in [-0.2, 0) is 5.41 Å². The topological polar surface area (TPSA) is 27.0 Å². The van der Waals surface area contributed by atoms with Crippen molar-refractivity contribution < 1.29 is 0 Å². The van der Waals surface area contributed by atoms with Crippen LogP contribution in [0, 0.1) is 17.2 Å². The van der Waals surface area contributed by atoms with E-state index in [2.05, 4.69) is 101 Å². The first-order valence-corrected chi connectivity index (χ1v) is 11.0. The van der Waals surface area contributed by atoms with E-state index in [9.17, 15) is 5.26 Å². The SMILES string of the molecule is CC(c1ccccc1)N(C)CCCC(C#N)(c1c(Br)cccc1Br)C(C)C. The molecule has 0 amide bonds. The van der Waals surface area contributed by atoms with Crippen molar-refractivity contribution in [2.75, 3.05) is 13.6 Å². The minimum Gasteiger partial charge on any atom is -0.300 e. The molecular formula is C23H28Br2N2. The lowest BCUT2D eigenvalue weighted by molar-refractivity contribution is 0.241. The summed E-state index contributed by atoms with van der Waals surface area (Å²) in [6, 6.07) is 19.6. The molecule has 0 spiro atoms. The highest BCUT2D eigenvalue weighted by Crippen LogP contribution is 2.44. The molecule has 2 aromatic rings. The zero-order chi connectivity index (χ0) is 20.0. The van der Waals surface area contributed by atoms with Crippen molar-refractivity contribution in [3.63, 3.8) is 0 Å². The van der Waals surface area contributed by atoms with E-state index in [0.717, 1.165) is 33.9 Å². The van der Waals surface area contributed by atoms with E-state index in [1.54, 1.807) is 0 Å². The van der Waals surface area contributed by atoms with Gasteiger partial charge < -0.3 is 0 Å². The summed E-state index contributed by atoms with van der Waals surface area (Å²) >= 11 is 7.35. The van der Waals surface area contributed by atoms with Gasteiger partial charge in [0, 0.05) is 20.6 Å². The molecule has 144 valence electrons. The molecule has 0 fully saturated rings. The number of hydrogen-bond donors (Lipinski definition) is 0. The second kappa shape index (κ2) is 9.87. The molecular weight excluding hydrogens is 464 g/mol. The van der Waals surface area contributed by atoms with E-state index in [0.29, 0.717) is 6.04 Å². The van der Waals surface area contributed by atoms with Crippen LogP contribution in [-0.4, -0.2) is 18.5 Å². The van der Waals surface area contributed by atoms with Crippen molar-refractivity contribution in [2.45, 2.75) is 45.1 Å². The molecule has 0 N–H and O–H groups in total. The molecule has 4 heteroatoms. The van der Waals surface area contributed by atoms with Crippen LogP contribution in [0.4, 0.5) is 0 Å². The van der Waals surface area contributed by atoms with Crippen LogP contribution in [0.1, 0.15) is 50.8 Å². The third-order valence-electron chi connectivity index (χ3n) is 5.62. The van der Waals surface area contributed by atoms with Gasteiger partial charge in [0.1, 0.15) is 0 Å². The zero-order valence-corrected chi connectivity index (χ0v) is 19.7. The first kappa shape index (κ1) is 22.1. The van der Waals surface area contributed by atoms with E-state index < -0.39 is 5.41 Å². The van der Waals surface area contributed by atoms with Gasteiger partial charge in [-0.1, -0.05) is 82.1 Å². The van der Waals surface area contributed by atoms with Crippen molar-refractivity contribution >= 4 is 31.9 Å². The Bertz CT molecular complexity index is 762. The number of nitriles is 1. The molecule has 0 bridgehead atoms. The maximum atomic E-state index is 10.2. The highest BCUT2D eigenvalue weighted by Gasteiger charge is 2.38. The van der Waals surface area contributed by atoms with E-state index in [-0.39, 0.29) is 5.92 Å². The molecule has 0 aliphatic carbocycles. The third kappa shape index (κ3) is 5.02. The summed E-state index contributed by atoms with van der Waals surface area (Å²) in [5.74, 6) is 0.217. The Morgan fingerprint density at radius 3 is 2.11 bits per heavy atom. The summed E-state index contributed by atoms with van der Waals surface area (Å²) in [4.78, 5) is 2.37. The molecule has 2 atom stereocenters. The lowest BCUT2D eigenvalue weighted by Gasteiger charge is -2.34. The number of rotatable bonds is 8. The van der Waals surface area contributed by atoms with Crippen LogP contribution < -0.4 is 0 Å². The fourth-order valence-corrected chi connectivity index (χ4v) is 5.36. The van der Waals surface area contributed by atoms with Crippen LogP contribution in [0.5, 0.6) is 0 Å². The van der Waals surface area contributed by atoms with Gasteiger partial charge in [-0.25, -0.2) is 0 Å². The van der Waals surface area contributed by atoms with Crippen molar-refractivity contribution in [1.29, 1.82) is 5.26 Å². The molecule has 0 aliphatic heterocycles. The molecule has 2 rings (SSSR count). The third-order valence-corrected chi connectivity index (χ3v) is 6.94. The number of benzene rings is 2. The molecule has 0 aliphatic rings. The van der Waals surface area contributed by atoms with Crippen molar-refractivity contribution in [2.24, 2.45) is 5.92 Å². The second-order valence-electron chi connectivity index (χ2n) is 7.51. The lowest BCUT2D eigenvalue weighted by Crippen LogP contribution is -2.33. The molecule has 2 nitrogen and oxygen atoms in total. The fraction of sp³-hybridized carbons (Fsp3) is 0.435. The van der Waals surface area contributed by atoms with E-state index >= 15 is 0 Å². The van der Waals surface area contributed by atoms with Crippen molar-refractivity contribution in [1.82, 2.24) is 4.90 Å². The summed E-state index contributed by atoms with van der Waals surface area (Å²) in [5.41, 5.74) is 1.88. The maximum absolute atomic E-state index is 10.2. The Kier molecular flexibility index (Phi) is 8.09. The summed E-state index contributed by atoms with van der Waals surface area (Å²) in [5, 5.41) is 10.2. The second-order valence-corrected chi connectivity index (χ2v) is 9.21. The largest absolute Gasteiger partial charge is 0.300 e. The van der Waals surface area contributed by atoms with Crippen molar-refractivity contribution in [3.8, 4) is 6.07 Å². The van der Waals surface area contributed by atoms with Gasteiger partial charge in [-0.2, -0.15) is 5.26 Å². The van der Waals surface area contributed by atoms with E-state index in [1.165, 1.54) is 5.56 Å². The van der Waals surface area contributed by atoms with E-state index in [4.69, 9.17) is 0 Å². The van der Waals surface area contributed by atoms with Crippen LogP contribution in [0.25, 0.3) is 0 Å². The maximum Gasteiger partial charge on any atom is 0.0867 e. The van der Waals surface area contributed by atoms with Gasteiger partial charge in [0.2, 0.25) is 0 Å². The van der Waals surface area contributed by atoms with Gasteiger partial charge in [0.15, 0.2) is 0 Å². The van der Waals surface area contributed by atoms with Crippen LogP contribution in [0.2, 0.25) is 0 Å². The van der Waals surface area contributed by atoms with Gasteiger partial charge in [-0.3, -0.25) is 4.90 Å². The van der Waals surface area contributed by atoms with Gasteiger partial charge in [0.25, 0.3) is 0 Å². The van der Waals surface area contributed by atoms with E-state index in [1.807, 2.05) is 18.2 Å². The fourth-order valence-electron chi connectivity index (χ4n) is 3.65. The predicted molar refractivity (Wildman–Crippen MR) is 121 cm³/mol. The van der Waals surface area contributed by atoms with Crippen molar-refractivity contribution in [3.05, 3.63) is 68.6 Å². The Hall–Kier alpha value is -1.15. The van der Waals surface area contributed by atoms with Crippen LogP contribution in [0.15, 0.2) is 57.5 Å². The molecule has 27 heavy (non-hydrogen) atoms. The molecule has 0 saturated carbocycles. The van der Waals surface area contributed by atoms with Gasteiger partial charge in [-0.15, -0.1) is 0 Å². The smallest absolute Gasteiger partial charge is 0.0867 e. The van der Waals surface area contributed by atoms with Crippen LogP contribution in [0.3, 0.4) is 0 Å². The monoisotopic (exact) mass is 490 g/mol. The normalized spacial score (nSPS) is 14.8. The molecule has 2 aromatic carbocycles. The Morgan fingerprint density at radius 2 is 1.59 bits per heavy atom. The lowest BCUT2D eigenvalue weighted by atomic mass is 9.70. The highest BCUT2D eigenvalue weighted by molar-refractivity contribution is 9.11. The zero-order valence-electron chi connectivity index (χ0n) is 16.5. The Morgan fingerprint density at radius 1 is 1.00 bits per heavy atom. The number of hydrogen-bond acceptors (Lipinski definition) is 2. The summed E-state index contributed by atoms with van der Waals surface area (Å²) in [6.07, 6.45) is 1.79. The van der Waals surface area contributed by atoms with Gasteiger partial charge >= 0.3 is 0 Å². The molecule has 0 saturated heterocycles. The number of halogens is 2. The highest BCUT2D eigenvalue weighted by atomic mass is 79.9. The standard InChI is InChI=1S/C23H28Br2N2/c1-17(2)23(16-26,22-20(24)12-8-13-21(22)25)14-9-15-27(4)18(3)19-10-6-5-7-11-19/h5-8,10-13,17-18H,9,14-15H2,1-4H3. The molecule has 0 radical (unpaired) electrons.